The van der Waals surface area contributed by atoms with Crippen molar-refractivity contribution in [2.75, 3.05) is 0 Å². The Labute approximate surface area is 87.5 Å². The summed E-state index contributed by atoms with van der Waals surface area (Å²) >= 11 is 0. The summed E-state index contributed by atoms with van der Waals surface area (Å²) in [5.74, 6) is 0.530. The fourth-order valence-electron chi connectivity index (χ4n) is 3.40. The molecule has 0 spiro atoms. The first kappa shape index (κ1) is 9.34. The van der Waals surface area contributed by atoms with Crippen molar-refractivity contribution in [3.05, 3.63) is 0 Å². The minimum atomic E-state index is -0.620. The molecule has 3 fully saturated rings. The minimum absolute atomic E-state index is 0.319. The zero-order chi connectivity index (χ0) is 9.76. The number of rotatable bonds is 1. The van der Waals surface area contributed by atoms with E-state index in [2.05, 4.69) is 0 Å². The maximum absolute atomic E-state index is 11.8. The Morgan fingerprint density at radius 1 is 1.07 bits per heavy atom. The number of aliphatic hydroxyl groups is 1. The third kappa shape index (κ3) is 1.21. The van der Waals surface area contributed by atoms with Gasteiger partial charge in [0, 0.05) is 21.3 Å². The van der Waals surface area contributed by atoms with Gasteiger partial charge in [-0.05, 0) is 44.4 Å². The number of hydrogen-bond donors (Lipinski definition) is 1. The van der Waals surface area contributed by atoms with Gasteiger partial charge in [-0.25, -0.2) is 0 Å². The predicted molar refractivity (Wildman–Crippen MR) is 56.5 cm³/mol. The standard InChI is InChI=1S/C11H18O2S/c12-11(8-2-1-3-8)6-9-4-5-10(7-11)14(9)13/h8-10,12H,1-7H2. The first-order valence-corrected chi connectivity index (χ1v) is 7.08. The molecule has 80 valence electrons. The van der Waals surface area contributed by atoms with E-state index in [-0.39, 0.29) is 0 Å². The van der Waals surface area contributed by atoms with Crippen LogP contribution in [0.1, 0.15) is 44.9 Å². The Balaban J connectivity index is 1.81. The third-order valence-electron chi connectivity index (χ3n) is 4.50. The van der Waals surface area contributed by atoms with Crippen molar-refractivity contribution in [1.82, 2.24) is 0 Å². The normalized spacial score (nSPS) is 53.1. The lowest BCUT2D eigenvalue weighted by Crippen LogP contribution is -2.49. The van der Waals surface area contributed by atoms with Crippen molar-refractivity contribution < 1.29 is 9.32 Å². The predicted octanol–water partition coefficient (Wildman–Crippen LogP) is 1.59. The van der Waals surface area contributed by atoms with Crippen LogP contribution in [0.5, 0.6) is 0 Å². The van der Waals surface area contributed by atoms with Crippen LogP contribution < -0.4 is 0 Å². The molecule has 2 nitrogen and oxygen atoms in total. The Hall–Kier alpha value is 0.110. The van der Waals surface area contributed by atoms with Crippen LogP contribution in [0, 0.1) is 5.92 Å². The van der Waals surface area contributed by atoms with Crippen LogP contribution in [0.4, 0.5) is 0 Å². The maximum Gasteiger partial charge on any atom is 0.0698 e. The average molecular weight is 214 g/mol. The Bertz CT molecular complexity index is 256. The molecule has 1 saturated carbocycles. The van der Waals surface area contributed by atoms with Gasteiger partial charge in [0.2, 0.25) is 0 Å². The van der Waals surface area contributed by atoms with Gasteiger partial charge in [0.05, 0.1) is 5.60 Å². The third-order valence-corrected chi connectivity index (χ3v) is 6.61. The van der Waals surface area contributed by atoms with Crippen LogP contribution >= 0.6 is 0 Å². The van der Waals surface area contributed by atoms with Gasteiger partial charge in [0.1, 0.15) is 0 Å². The van der Waals surface area contributed by atoms with Crippen molar-refractivity contribution in [3.8, 4) is 0 Å². The maximum atomic E-state index is 11.8. The molecule has 2 bridgehead atoms. The van der Waals surface area contributed by atoms with Crippen LogP contribution in [-0.4, -0.2) is 25.4 Å². The van der Waals surface area contributed by atoms with E-state index in [0.717, 1.165) is 25.7 Å². The Kier molecular flexibility index (Phi) is 2.04. The SMILES string of the molecule is O=S1C2CCC1CC(O)(C1CCC1)C2. The summed E-state index contributed by atoms with van der Waals surface area (Å²) in [4.78, 5) is 0. The van der Waals surface area contributed by atoms with Gasteiger partial charge in [-0.3, -0.25) is 4.21 Å². The molecule has 0 aromatic rings. The van der Waals surface area contributed by atoms with Gasteiger partial charge in [0.25, 0.3) is 0 Å². The van der Waals surface area contributed by atoms with Crippen LogP contribution in [0.2, 0.25) is 0 Å². The average Bonchev–Trinajstić information content (AvgIpc) is 2.31. The van der Waals surface area contributed by atoms with Crippen molar-refractivity contribution >= 4 is 10.8 Å². The fourth-order valence-corrected chi connectivity index (χ4v) is 5.58. The molecular weight excluding hydrogens is 196 g/mol. The molecule has 0 radical (unpaired) electrons. The molecule has 0 amide bonds. The van der Waals surface area contributed by atoms with Crippen molar-refractivity contribution in [1.29, 1.82) is 0 Å². The zero-order valence-corrected chi connectivity index (χ0v) is 9.26. The van der Waals surface area contributed by atoms with E-state index in [1.165, 1.54) is 19.3 Å². The van der Waals surface area contributed by atoms with Gasteiger partial charge >= 0.3 is 0 Å². The molecule has 2 heterocycles. The molecule has 2 saturated heterocycles. The highest BCUT2D eigenvalue weighted by molar-refractivity contribution is 7.86. The van der Waals surface area contributed by atoms with Gasteiger partial charge in [0.15, 0.2) is 0 Å². The monoisotopic (exact) mass is 214 g/mol. The second-order valence-corrected chi connectivity index (χ2v) is 7.28. The lowest BCUT2D eigenvalue weighted by molar-refractivity contribution is -0.0631. The molecule has 0 aromatic heterocycles. The summed E-state index contributed by atoms with van der Waals surface area (Å²) in [6.07, 6.45) is 7.50. The molecule has 1 N–H and O–H groups in total. The van der Waals surface area contributed by atoms with E-state index >= 15 is 0 Å². The van der Waals surface area contributed by atoms with E-state index in [1.54, 1.807) is 0 Å². The van der Waals surface area contributed by atoms with Gasteiger partial charge in [-0.15, -0.1) is 0 Å². The first-order valence-electron chi connectivity index (χ1n) is 5.81. The van der Waals surface area contributed by atoms with Gasteiger partial charge in [-0.1, -0.05) is 6.42 Å². The highest BCUT2D eigenvalue weighted by Gasteiger charge is 2.51. The molecule has 3 rings (SSSR count). The lowest BCUT2D eigenvalue weighted by atomic mass is 9.69. The highest BCUT2D eigenvalue weighted by atomic mass is 32.2. The topological polar surface area (TPSA) is 37.3 Å². The summed E-state index contributed by atoms with van der Waals surface area (Å²) in [6.45, 7) is 0. The molecule has 3 aliphatic rings. The lowest BCUT2D eigenvalue weighted by Gasteiger charge is -2.45. The quantitative estimate of drug-likeness (QED) is 0.719. The van der Waals surface area contributed by atoms with E-state index < -0.39 is 16.4 Å². The molecule has 3 heteroatoms. The zero-order valence-electron chi connectivity index (χ0n) is 8.45. The summed E-state index contributed by atoms with van der Waals surface area (Å²) in [5, 5.41) is 11.2. The molecule has 2 unspecified atom stereocenters. The van der Waals surface area contributed by atoms with Crippen molar-refractivity contribution in [3.63, 3.8) is 0 Å². The Morgan fingerprint density at radius 3 is 2.07 bits per heavy atom. The summed E-state index contributed by atoms with van der Waals surface area (Å²) in [7, 11) is -0.620. The van der Waals surface area contributed by atoms with Crippen LogP contribution in [0.25, 0.3) is 0 Å². The highest BCUT2D eigenvalue weighted by Crippen LogP contribution is 2.49. The smallest absolute Gasteiger partial charge is 0.0698 e. The van der Waals surface area contributed by atoms with E-state index in [4.69, 9.17) is 0 Å². The summed E-state index contributed by atoms with van der Waals surface area (Å²) < 4.78 is 11.8. The molecule has 14 heavy (non-hydrogen) atoms. The largest absolute Gasteiger partial charge is 0.390 e. The van der Waals surface area contributed by atoms with Gasteiger partial charge in [-0.2, -0.15) is 0 Å². The first-order chi connectivity index (χ1) is 6.69. The van der Waals surface area contributed by atoms with E-state index in [0.29, 0.717) is 16.4 Å². The van der Waals surface area contributed by atoms with E-state index in [1.807, 2.05) is 0 Å². The van der Waals surface area contributed by atoms with Crippen molar-refractivity contribution in [2.45, 2.75) is 61.0 Å². The fraction of sp³-hybridized carbons (Fsp3) is 1.00. The number of fused-ring (bicyclic) bond motifs is 2. The molecule has 1 aliphatic carbocycles. The Morgan fingerprint density at radius 2 is 1.64 bits per heavy atom. The number of hydrogen-bond acceptors (Lipinski definition) is 2. The van der Waals surface area contributed by atoms with Crippen molar-refractivity contribution in [2.24, 2.45) is 5.92 Å². The summed E-state index contributed by atoms with van der Waals surface area (Å²) in [6, 6.07) is 0. The second kappa shape index (κ2) is 3.05. The van der Waals surface area contributed by atoms with Gasteiger partial charge < -0.3 is 5.11 Å². The van der Waals surface area contributed by atoms with Crippen LogP contribution in [0.3, 0.4) is 0 Å². The molecule has 2 aliphatic heterocycles. The van der Waals surface area contributed by atoms with Crippen LogP contribution in [-0.2, 0) is 10.8 Å². The molecule has 0 aromatic carbocycles. The molecular formula is C11H18O2S. The minimum Gasteiger partial charge on any atom is -0.390 e. The summed E-state index contributed by atoms with van der Waals surface area (Å²) in [5.41, 5.74) is -0.433. The molecule has 2 atom stereocenters. The van der Waals surface area contributed by atoms with E-state index in [9.17, 15) is 9.32 Å². The second-order valence-electron chi connectivity index (χ2n) is 5.29. The van der Waals surface area contributed by atoms with Crippen LogP contribution in [0.15, 0.2) is 0 Å².